The Morgan fingerprint density at radius 2 is 1.72 bits per heavy atom. The van der Waals surface area contributed by atoms with Gasteiger partial charge in [-0.3, -0.25) is 13.9 Å². The predicted molar refractivity (Wildman–Crippen MR) is 139 cm³/mol. The molecule has 3 rings (SSSR count). The number of benzene rings is 2. The molecular weight excluding hydrogens is 506 g/mol. The number of ether oxygens (including phenoxy) is 2. The van der Waals surface area contributed by atoms with Crippen LogP contribution in [0.3, 0.4) is 0 Å². The molecule has 2 aromatic carbocycles. The molecule has 2 amide bonds. The molecule has 0 unspecified atom stereocenters. The zero-order valence-corrected chi connectivity index (χ0v) is 22.4. The Hall–Kier alpha value is -2.98. The summed E-state index contributed by atoms with van der Waals surface area (Å²) >= 11 is 6.00. The molecule has 36 heavy (non-hydrogen) atoms. The van der Waals surface area contributed by atoms with Crippen molar-refractivity contribution in [1.82, 2.24) is 10.2 Å². The Morgan fingerprint density at radius 1 is 1.06 bits per heavy atom. The van der Waals surface area contributed by atoms with Gasteiger partial charge in [0, 0.05) is 23.7 Å². The molecule has 0 aliphatic carbocycles. The highest BCUT2D eigenvalue weighted by molar-refractivity contribution is 7.92. The van der Waals surface area contributed by atoms with Crippen molar-refractivity contribution in [2.75, 3.05) is 23.4 Å². The Kier molecular flexibility index (Phi) is 9.08. The second-order valence-corrected chi connectivity index (χ2v) is 11.2. The summed E-state index contributed by atoms with van der Waals surface area (Å²) < 4.78 is 37.8. The molecule has 1 heterocycles. The van der Waals surface area contributed by atoms with Crippen molar-refractivity contribution < 1.29 is 27.5 Å². The highest BCUT2D eigenvalue weighted by atomic mass is 35.5. The third-order valence-corrected chi connectivity index (χ3v) is 8.05. The van der Waals surface area contributed by atoms with Crippen molar-refractivity contribution in [3.05, 3.63) is 53.1 Å². The minimum Gasteiger partial charge on any atom is -0.454 e. The molecule has 1 N–H and O–H groups in total. The van der Waals surface area contributed by atoms with Gasteiger partial charge in [-0.05, 0) is 57.0 Å². The van der Waals surface area contributed by atoms with Crippen LogP contribution in [0.4, 0.5) is 5.69 Å². The first kappa shape index (κ1) is 27.6. The summed E-state index contributed by atoms with van der Waals surface area (Å²) in [5.74, 6) is -0.157. The van der Waals surface area contributed by atoms with Crippen molar-refractivity contribution in [3.63, 3.8) is 0 Å². The van der Waals surface area contributed by atoms with Crippen molar-refractivity contribution in [2.24, 2.45) is 0 Å². The fourth-order valence-corrected chi connectivity index (χ4v) is 4.77. The van der Waals surface area contributed by atoms with Gasteiger partial charge in [0.15, 0.2) is 11.5 Å². The summed E-state index contributed by atoms with van der Waals surface area (Å²) in [5, 5.41) is 3.44. The molecule has 0 radical (unpaired) electrons. The third-order valence-electron chi connectivity index (χ3n) is 6.06. The van der Waals surface area contributed by atoms with Crippen LogP contribution in [0.2, 0.25) is 5.02 Å². The minimum absolute atomic E-state index is 0.0376. The molecular formula is C25H32ClN3O6S. The van der Waals surface area contributed by atoms with Gasteiger partial charge in [-0.1, -0.05) is 30.7 Å². The van der Waals surface area contributed by atoms with Crippen LogP contribution >= 0.6 is 11.6 Å². The zero-order chi connectivity index (χ0) is 26.5. The quantitative estimate of drug-likeness (QED) is 0.470. The second kappa shape index (κ2) is 11.8. The van der Waals surface area contributed by atoms with Gasteiger partial charge in [-0.15, -0.1) is 0 Å². The van der Waals surface area contributed by atoms with Crippen molar-refractivity contribution in [2.45, 2.75) is 52.7 Å². The summed E-state index contributed by atoms with van der Waals surface area (Å²) in [6.07, 6.45) is 0.732. The fourth-order valence-electron chi connectivity index (χ4n) is 3.59. The third kappa shape index (κ3) is 6.61. The first-order chi connectivity index (χ1) is 17.1. The van der Waals surface area contributed by atoms with Crippen LogP contribution in [0.25, 0.3) is 0 Å². The smallest absolute Gasteiger partial charge is 0.244 e. The second-order valence-electron chi connectivity index (χ2n) is 8.59. The van der Waals surface area contributed by atoms with Gasteiger partial charge < -0.3 is 19.7 Å². The van der Waals surface area contributed by atoms with Crippen LogP contribution in [-0.2, 0) is 26.2 Å². The number of nitrogens with zero attached hydrogens (tertiary/aromatic N) is 2. The highest BCUT2D eigenvalue weighted by Gasteiger charge is 2.32. The average Bonchev–Trinajstić information content (AvgIpc) is 3.34. The molecule has 0 bridgehead atoms. The summed E-state index contributed by atoms with van der Waals surface area (Å²) in [5.41, 5.74) is 1.03. The van der Waals surface area contributed by atoms with E-state index in [-0.39, 0.29) is 36.7 Å². The molecule has 11 heteroatoms. The van der Waals surface area contributed by atoms with Crippen molar-refractivity contribution in [3.8, 4) is 11.5 Å². The highest BCUT2D eigenvalue weighted by Crippen LogP contribution is 2.36. The fraction of sp³-hybridized carbons (Fsp3) is 0.440. The van der Waals surface area contributed by atoms with Crippen LogP contribution in [0.15, 0.2) is 42.5 Å². The summed E-state index contributed by atoms with van der Waals surface area (Å²) in [4.78, 5) is 28.0. The molecule has 2 aromatic rings. The number of anilines is 1. The Morgan fingerprint density at radius 3 is 2.36 bits per heavy atom. The molecule has 1 aliphatic heterocycles. The van der Waals surface area contributed by atoms with Crippen LogP contribution in [0.5, 0.6) is 11.5 Å². The lowest BCUT2D eigenvalue weighted by Gasteiger charge is -2.32. The van der Waals surface area contributed by atoms with E-state index in [4.69, 9.17) is 21.1 Å². The zero-order valence-electron chi connectivity index (χ0n) is 20.9. The maximum atomic E-state index is 13.7. The topological polar surface area (TPSA) is 105 Å². The van der Waals surface area contributed by atoms with Crippen LogP contribution in [0.1, 0.15) is 39.7 Å². The average molecular weight is 538 g/mol. The maximum absolute atomic E-state index is 13.7. The van der Waals surface area contributed by atoms with Crippen LogP contribution < -0.4 is 19.1 Å². The first-order valence-corrected chi connectivity index (χ1v) is 13.8. The number of sulfonamides is 1. The Bertz CT molecular complexity index is 1190. The van der Waals surface area contributed by atoms with E-state index in [0.717, 1.165) is 16.3 Å². The van der Waals surface area contributed by atoms with E-state index in [0.29, 0.717) is 16.5 Å². The minimum atomic E-state index is -3.84. The summed E-state index contributed by atoms with van der Waals surface area (Å²) in [7, 11) is -3.84. The Labute approximate surface area is 217 Å². The Balaban J connectivity index is 1.93. The molecule has 0 saturated heterocycles. The number of amides is 2. The monoisotopic (exact) mass is 537 g/mol. The molecule has 1 aliphatic rings. The maximum Gasteiger partial charge on any atom is 0.244 e. The van der Waals surface area contributed by atoms with E-state index < -0.39 is 28.5 Å². The van der Waals surface area contributed by atoms with E-state index in [1.54, 1.807) is 43.3 Å². The number of hydrogen-bond donors (Lipinski definition) is 1. The number of halogens is 1. The number of carbonyl (C=O) groups excluding carboxylic acids is 2. The first-order valence-electron chi connectivity index (χ1n) is 11.8. The van der Waals surface area contributed by atoms with Gasteiger partial charge in [0.1, 0.15) is 12.6 Å². The van der Waals surface area contributed by atoms with Gasteiger partial charge >= 0.3 is 0 Å². The normalized spacial score (nSPS) is 14.1. The molecule has 0 spiro atoms. The van der Waals surface area contributed by atoms with Crippen molar-refractivity contribution >= 4 is 39.1 Å². The molecule has 0 aromatic heterocycles. The standard InChI is InChI=1S/C25H32ClN3O6S/c1-5-17(3)27-25(31)18(4)28(14-19-7-9-20(26)10-8-19)24(30)15-29(36(32,33)6-2)21-11-12-22-23(13-21)35-16-34-22/h7-13,17-18H,5-6,14-16H2,1-4H3,(H,27,31)/t17-,18+/m1/s1. The number of carbonyl (C=O) groups is 2. The lowest BCUT2D eigenvalue weighted by atomic mass is 10.1. The van der Waals surface area contributed by atoms with Crippen molar-refractivity contribution in [1.29, 1.82) is 0 Å². The molecule has 196 valence electrons. The number of fused-ring (bicyclic) bond motifs is 1. The number of hydrogen-bond acceptors (Lipinski definition) is 6. The van der Waals surface area contributed by atoms with Gasteiger partial charge in [0.25, 0.3) is 0 Å². The largest absolute Gasteiger partial charge is 0.454 e. The summed E-state index contributed by atoms with van der Waals surface area (Å²) in [6, 6.07) is 10.7. The van der Waals surface area contributed by atoms with Gasteiger partial charge in [-0.2, -0.15) is 0 Å². The summed E-state index contributed by atoms with van der Waals surface area (Å²) in [6.45, 7) is 6.63. The number of nitrogens with one attached hydrogen (secondary N) is 1. The molecule has 9 nitrogen and oxygen atoms in total. The number of rotatable bonds is 11. The predicted octanol–water partition coefficient (Wildman–Crippen LogP) is 3.56. The molecule has 2 atom stereocenters. The van der Waals surface area contributed by atoms with E-state index in [1.807, 2.05) is 13.8 Å². The van der Waals surface area contributed by atoms with Gasteiger partial charge in [0.05, 0.1) is 11.4 Å². The van der Waals surface area contributed by atoms with Crippen LogP contribution in [0, 0.1) is 0 Å². The van der Waals surface area contributed by atoms with Crippen LogP contribution in [-0.4, -0.2) is 56.3 Å². The van der Waals surface area contributed by atoms with E-state index in [2.05, 4.69) is 5.32 Å². The van der Waals surface area contributed by atoms with E-state index in [1.165, 1.54) is 17.9 Å². The van der Waals surface area contributed by atoms with E-state index >= 15 is 0 Å². The molecule has 0 fully saturated rings. The lowest BCUT2D eigenvalue weighted by Crippen LogP contribution is -2.52. The molecule has 0 saturated carbocycles. The lowest BCUT2D eigenvalue weighted by molar-refractivity contribution is -0.139. The van der Waals surface area contributed by atoms with Gasteiger partial charge in [0.2, 0.25) is 28.6 Å². The van der Waals surface area contributed by atoms with E-state index in [9.17, 15) is 18.0 Å². The van der Waals surface area contributed by atoms with Gasteiger partial charge in [-0.25, -0.2) is 8.42 Å². The SMILES string of the molecule is CC[C@@H](C)NC(=O)[C@H](C)N(Cc1ccc(Cl)cc1)C(=O)CN(c1ccc2c(c1)OCO2)S(=O)(=O)CC.